The number of rotatable bonds is 8. The van der Waals surface area contributed by atoms with Gasteiger partial charge in [0.05, 0.1) is 5.92 Å². The monoisotopic (exact) mass is 468 g/mol. The van der Waals surface area contributed by atoms with Crippen molar-refractivity contribution in [3.63, 3.8) is 0 Å². The molecule has 2 heterocycles. The van der Waals surface area contributed by atoms with Crippen LogP contribution in [0.5, 0.6) is 5.75 Å². The minimum Gasteiger partial charge on any atom is -0.489 e. The van der Waals surface area contributed by atoms with Gasteiger partial charge in [0.2, 0.25) is 0 Å². The highest BCUT2D eigenvalue weighted by molar-refractivity contribution is 6.30. The molecule has 0 amide bonds. The van der Waals surface area contributed by atoms with E-state index in [4.69, 9.17) is 21.4 Å². The molecule has 0 radical (unpaired) electrons. The average molecular weight is 469 g/mol. The van der Waals surface area contributed by atoms with E-state index in [0.29, 0.717) is 54.6 Å². The number of ether oxygens (including phenoxy) is 1. The van der Waals surface area contributed by atoms with Gasteiger partial charge in [0, 0.05) is 35.8 Å². The molecule has 172 valence electrons. The van der Waals surface area contributed by atoms with E-state index >= 15 is 0 Å². The molecule has 1 unspecified atom stereocenters. The van der Waals surface area contributed by atoms with Crippen LogP contribution in [-0.4, -0.2) is 34.0 Å². The van der Waals surface area contributed by atoms with Gasteiger partial charge in [0.15, 0.2) is 0 Å². The first kappa shape index (κ1) is 23.2. The SMILES string of the molecule is CC(CCN1CCc2nc(-c3ccc(OCc4ccc(Cl)cc4)cc3)c(F)cc2C1)C(=O)O. The van der Waals surface area contributed by atoms with Crippen LogP contribution >= 0.6 is 11.6 Å². The summed E-state index contributed by atoms with van der Waals surface area (Å²) in [7, 11) is 0. The minimum atomic E-state index is -0.786. The van der Waals surface area contributed by atoms with Crippen molar-refractivity contribution in [1.82, 2.24) is 9.88 Å². The normalized spacial score (nSPS) is 14.5. The van der Waals surface area contributed by atoms with Gasteiger partial charge in [0.25, 0.3) is 0 Å². The molecule has 1 aromatic heterocycles. The van der Waals surface area contributed by atoms with Crippen molar-refractivity contribution in [2.75, 3.05) is 13.1 Å². The molecule has 7 heteroatoms. The zero-order valence-corrected chi connectivity index (χ0v) is 19.2. The lowest BCUT2D eigenvalue weighted by molar-refractivity contribution is -0.141. The third-order valence-corrected chi connectivity index (χ3v) is 6.20. The van der Waals surface area contributed by atoms with Gasteiger partial charge in [-0.05, 0) is 66.6 Å². The van der Waals surface area contributed by atoms with E-state index in [1.807, 2.05) is 48.5 Å². The summed E-state index contributed by atoms with van der Waals surface area (Å²) in [4.78, 5) is 17.8. The third-order valence-electron chi connectivity index (χ3n) is 5.95. The Labute approximate surface area is 197 Å². The number of hydrogen-bond donors (Lipinski definition) is 1. The Balaban J connectivity index is 1.40. The van der Waals surface area contributed by atoms with Gasteiger partial charge >= 0.3 is 5.97 Å². The maximum absolute atomic E-state index is 14.9. The largest absolute Gasteiger partial charge is 0.489 e. The first-order valence-corrected chi connectivity index (χ1v) is 11.4. The van der Waals surface area contributed by atoms with E-state index in [9.17, 15) is 9.18 Å². The summed E-state index contributed by atoms with van der Waals surface area (Å²) < 4.78 is 20.7. The lowest BCUT2D eigenvalue weighted by Crippen LogP contribution is -2.33. The van der Waals surface area contributed by atoms with Crippen LogP contribution in [0.1, 0.15) is 30.2 Å². The second-order valence-corrected chi connectivity index (χ2v) is 8.85. The van der Waals surface area contributed by atoms with E-state index in [2.05, 4.69) is 9.88 Å². The number of aromatic nitrogens is 1. The van der Waals surface area contributed by atoms with E-state index in [1.54, 1.807) is 13.0 Å². The summed E-state index contributed by atoms with van der Waals surface area (Å²) >= 11 is 5.91. The fourth-order valence-electron chi connectivity index (χ4n) is 3.85. The van der Waals surface area contributed by atoms with Crippen molar-refractivity contribution in [1.29, 1.82) is 0 Å². The molecule has 3 aromatic rings. The number of carboxylic acids is 1. The Morgan fingerprint density at radius 1 is 1.21 bits per heavy atom. The molecule has 5 nitrogen and oxygen atoms in total. The zero-order valence-electron chi connectivity index (χ0n) is 18.4. The van der Waals surface area contributed by atoms with Crippen LogP contribution in [0, 0.1) is 11.7 Å². The number of fused-ring (bicyclic) bond motifs is 1. The average Bonchev–Trinajstić information content (AvgIpc) is 2.82. The highest BCUT2D eigenvalue weighted by Gasteiger charge is 2.22. The van der Waals surface area contributed by atoms with Crippen LogP contribution in [0.4, 0.5) is 4.39 Å². The summed E-state index contributed by atoms with van der Waals surface area (Å²) in [6, 6.07) is 16.3. The molecule has 1 atom stereocenters. The van der Waals surface area contributed by atoms with Crippen LogP contribution in [0.2, 0.25) is 5.02 Å². The minimum absolute atomic E-state index is 0.339. The number of pyridine rings is 1. The van der Waals surface area contributed by atoms with E-state index in [-0.39, 0.29) is 11.7 Å². The smallest absolute Gasteiger partial charge is 0.306 e. The first-order chi connectivity index (χ1) is 15.9. The quantitative estimate of drug-likeness (QED) is 0.467. The van der Waals surface area contributed by atoms with Gasteiger partial charge in [-0.3, -0.25) is 9.69 Å². The molecular weight excluding hydrogens is 443 g/mol. The summed E-state index contributed by atoms with van der Waals surface area (Å²) in [5, 5.41) is 9.75. The fraction of sp³-hybridized carbons (Fsp3) is 0.308. The molecule has 1 N–H and O–H groups in total. The molecular formula is C26H26ClFN2O3. The van der Waals surface area contributed by atoms with Crippen LogP contribution in [0.25, 0.3) is 11.3 Å². The van der Waals surface area contributed by atoms with Gasteiger partial charge < -0.3 is 9.84 Å². The molecule has 0 bridgehead atoms. The maximum atomic E-state index is 14.9. The van der Waals surface area contributed by atoms with Crippen LogP contribution in [0.15, 0.2) is 54.6 Å². The zero-order chi connectivity index (χ0) is 23.4. The summed E-state index contributed by atoms with van der Waals surface area (Å²) in [5.41, 5.74) is 3.82. The van der Waals surface area contributed by atoms with E-state index in [0.717, 1.165) is 23.4 Å². The lowest BCUT2D eigenvalue weighted by atomic mass is 10.0. The number of nitrogens with zero attached hydrogens (tertiary/aromatic N) is 2. The van der Waals surface area contributed by atoms with Gasteiger partial charge in [-0.25, -0.2) is 9.37 Å². The Bertz CT molecular complexity index is 1120. The second kappa shape index (κ2) is 10.3. The highest BCUT2D eigenvalue weighted by atomic mass is 35.5. The Morgan fingerprint density at radius 3 is 2.64 bits per heavy atom. The summed E-state index contributed by atoms with van der Waals surface area (Å²) in [5.74, 6) is -0.837. The van der Waals surface area contributed by atoms with Crippen molar-refractivity contribution >= 4 is 17.6 Å². The Morgan fingerprint density at radius 2 is 1.94 bits per heavy atom. The fourth-order valence-corrected chi connectivity index (χ4v) is 3.98. The van der Waals surface area contributed by atoms with Gasteiger partial charge in [-0.15, -0.1) is 0 Å². The summed E-state index contributed by atoms with van der Waals surface area (Å²) in [6.45, 7) is 4.18. The molecule has 2 aromatic carbocycles. The molecule has 0 spiro atoms. The number of halogens is 2. The number of hydrogen-bond acceptors (Lipinski definition) is 4. The molecule has 1 aliphatic rings. The van der Waals surface area contributed by atoms with Crippen LogP contribution in [0.3, 0.4) is 0 Å². The van der Waals surface area contributed by atoms with Gasteiger partial charge in [-0.1, -0.05) is 30.7 Å². The topological polar surface area (TPSA) is 62.7 Å². The Kier molecular flexibility index (Phi) is 7.26. The first-order valence-electron chi connectivity index (χ1n) is 11.0. The highest BCUT2D eigenvalue weighted by Crippen LogP contribution is 2.28. The van der Waals surface area contributed by atoms with Crippen molar-refractivity contribution in [3.8, 4) is 17.0 Å². The number of carbonyl (C=O) groups is 1. The summed E-state index contributed by atoms with van der Waals surface area (Å²) in [6.07, 6.45) is 1.29. The maximum Gasteiger partial charge on any atom is 0.306 e. The predicted octanol–water partition coefficient (Wildman–Crippen LogP) is 5.59. The number of benzene rings is 2. The molecule has 33 heavy (non-hydrogen) atoms. The molecule has 0 fully saturated rings. The Hall–Kier alpha value is -2.96. The number of carboxylic acid groups (broad SMARTS) is 1. The van der Waals surface area contributed by atoms with Crippen molar-refractivity contribution < 1.29 is 19.0 Å². The third kappa shape index (κ3) is 5.89. The van der Waals surface area contributed by atoms with E-state index < -0.39 is 5.97 Å². The number of aliphatic carboxylic acids is 1. The van der Waals surface area contributed by atoms with Crippen LogP contribution in [-0.2, 0) is 24.4 Å². The second-order valence-electron chi connectivity index (χ2n) is 8.42. The van der Waals surface area contributed by atoms with Crippen molar-refractivity contribution in [2.45, 2.75) is 32.9 Å². The molecule has 0 saturated heterocycles. The van der Waals surface area contributed by atoms with Gasteiger partial charge in [0.1, 0.15) is 23.9 Å². The van der Waals surface area contributed by atoms with Gasteiger partial charge in [-0.2, -0.15) is 0 Å². The lowest BCUT2D eigenvalue weighted by Gasteiger charge is -2.29. The predicted molar refractivity (Wildman–Crippen MR) is 126 cm³/mol. The van der Waals surface area contributed by atoms with Crippen molar-refractivity contribution in [2.24, 2.45) is 5.92 Å². The standard InChI is InChI=1S/C26H26ClFN2O3/c1-17(26(31)32)10-12-30-13-11-24-20(15-30)14-23(28)25(29-24)19-4-8-22(9-5-19)33-16-18-2-6-21(27)7-3-18/h2-9,14,17H,10-13,15-16H2,1H3,(H,31,32). The molecule has 1 aliphatic heterocycles. The molecule has 0 aliphatic carbocycles. The molecule has 0 saturated carbocycles. The molecule has 4 rings (SSSR count). The van der Waals surface area contributed by atoms with Crippen molar-refractivity contribution in [3.05, 3.63) is 82.3 Å². The van der Waals surface area contributed by atoms with E-state index in [1.165, 1.54) is 0 Å². The van der Waals surface area contributed by atoms with Crippen LogP contribution < -0.4 is 4.74 Å².